The van der Waals surface area contributed by atoms with Crippen LogP contribution in [0.3, 0.4) is 0 Å². The minimum Gasteiger partial charge on any atom is -0.396 e. The van der Waals surface area contributed by atoms with Crippen molar-refractivity contribution in [3.8, 4) is 0 Å². The SMILES string of the molecule is C[C@]12CC[C@H](O)C[C@H]1CC[C@@H]1[C@@H]2CC[C@]2(C)[C@@H](/C=N/OCCCN=C(N)N)CC[C@@H]12. The maximum atomic E-state index is 10.2. The number of aliphatic hydroxyl groups excluding tert-OH is 1. The van der Waals surface area contributed by atoms with E-state index in [1.54, 1.807) is 0 Å². The molecule has 0 spiro atoms. The van der Waals surface area contributed by atoms with Crippen LogP contribution in [0.25, 0.3) is 0 Å². The summed E-state index contributed by atoms with van der Waals surface area (Å²) in [7, 11) is 0. The topological polar surface area (TPSA) is 106 Å². The molecule has 5 N–H and O–H groups in total. The van der Waals surface area contributed by atoms with Crippen molar-refractivity contribution in [2.24, 2.45) is 62.0 Å². The smallest absolute Gasteiger partial charge is 0.185 e. The molecule has 4 aliphatic carbocycles. The Kier molecular flexibility index (Phi) is 6.34. The number of fused-ring (bicyclic) bond motifs is 5. The van der Waals surface area contributed by atoms with Crippen LogP contribution in [0.4, 0.5) is 0 Å². The van der Waals surface area contributed by atoms with Gasteiger partial charge in [0.05, 0.1) is 6.10 Å². The molecule has 4 aliphatic rings. The van der Waals surface area contributed by atoms with E-state index in [9.17, 15) is 5.11 Å². The molecule has 30 heavy (non-hydrogen) atoms. The number of aliphatic imine (C=N–C) groups is 1. The first kappa shape index (κ1) is 21.9. The monoisotopic (exact) mass is 418 g/mol. The molecule has 6 heteroatoms. The number of oxime groups is 1. The Morgan fingerprint density at radius 2 is 1.80 bits per heavy atom. The summed E-state index contributed by atoms with van der Waals surface area (Å²) in [6, 6.07) is 0. The Bertz CT molecular complexity index is 664. The molecule has 4 rings (SSSR count). The molecule has 0 aromatic carbocycles. The molecule has 170 valence electrons. The molecule has 0 aromatic heterocycles. The van der Waals surface area contributed by atoms with Gasteiger partial charge in [-0.1, -0.05) is 19.0 Å². The van der Waals surface area contributed by atoms with E-state index < -0.39 is 0 Å². The minimum atomic E-state index is -0.0555. The van der Waals surface area contributed by atoms with Gasteiger partial charge >= 0.3 is 0 Å². The number of rotatable bonds is 6. The van der Waals surface area contributed by atoms with E-state index in [-0.39, 0.29) is 12.1 Å². The standard InChI is InChI=1S/C24H42N4O2/c1-23-10-8-18(29)14-16(23)4-6-19-20-7-5-17(24(20,2)11-9-21(19)23)15-28-30-13-3-12-27-22(25)26/h15-21,29H,3-14H2,1-2H3,(H4,25,26,27)/b28-15+/t16-,17-,18+,19+,20+,21+,23+,24-/m1/s1. The zero-order valence-electron chi connectivity index (χ0n) is 18.9. The van der Waals surface area contributed by atoms with Gasteiger partial charge in [0.2, 0.25) is 0 Å². The van der Waals surface area contributed by atoms with Gasteiger partial charge in [0.25, 0.3) is 0 Å². The van der Waals surface area contributed by atoms with Gasteiger partial charge in [-0.25, -0.2) is 0 Å². The highest BCUT2D eigenvalue weighted by Crippen LogP contribution is 2.67. The molecule has 0 bridgehead atoms. The molecule has 0 heterocycles. The molecular formula is C24H42N4O2. The van der Waals surface area contributed by atoms with Crippen molar-refractivity contribution >= 4 is 12.2 Å². The first-order valence-corrected chi connectivity index (χ1v) is 12.2. The van der Waals surface area contributed by atoms with Crippen molar-refractivity contribution in [3.05, 3.63) is 0 Å². The fraction of sp³-hybridized carbons (Fsp3) is 0.917. The second-order valence-corrected chi connectivity index (χ2v) is 11.1. The number of nitrogens with zero attached hydrogens (tertiary/aromatic N) is 2. The summed E-state index contributed by atoms with van der Waals surface area (Å²) in [4.78, 5) is 9.47. The van der Waals surface area contributed by atoms with Crippen molar-refractivity contribution in [3.63, 3.8) is 0 Å². The van der Waals surface area contributed by atoms with Crippen LogP contribution in [0.15, 0.2) is 10.1 Å². The van der Waals surface area contributed by atoms with Crippen LogP contribution in [0, 0.1) is 40.4 Å². The number of nitrogens with two attached hydrogens (primary N) is 2. The largest absolute Gasteiger partial charge is 0.396 e. The first-order chi connectivity index (χ1) is 14.3. The lowest BCUT2D eigenvalue weighted by Gasteiger charge is -2.60. The van der Waals surface area contributed by atoms with E-state index in [1.165, 1.54) is 44.9 Å². The summed E-state index contributed by atoms with van der Waals surface area (Å²) in [5.74, 6) is 3.92. The van der Waals surface area contributed by atoms with E-state index in [2.05, 4.69) is 30.2 Å². The molecule has 0 radical (unpaired) electrons. The summed E-state index contributed by atoms with van der Waals surface area (Å²) in [5, 5.41) is 14.5. The minimum absolute atomic E-state index is 0.0555. The Morgan fingerprint density at radius 1 is 1.03 bits per heavy atom. The second-order valence-electron chi connectivity index (χ2n) is 11.1. The molecule has 0 amide bonds. The average molecular weight is 419 g/mol. The molecule has 0 aliphatic heterocycles. The Balaban J connectivity index is 1.36. The van der Waals surface area contributed by atoms with Gasteiger partial charge in [0.1, 0.15) is 6.61 Å². The summed E-state index contributed by atoms with van der Waals surface area (Å²) in [6.45, 7) is 6.22. The number of hydrogen-bond donors (Lipinski definition) is 3. The Labute approximate surface area is 181 Å². The highest BCUT2D eigenvalue weighted by molar-refractivity contribution is 5.75. The predicted molar refractivity (Wildman–Crippen MR) is 121 cm³/mol. The molecule has 0 unspecified atom stereocenters. The maximum Gasteiger partial charge on any atom is 0.185 e. The molecule has 0 saturated heterocycles. The lowest BCUT2D eigenvalue weighted by atomic mass is 9.45. The average Bonchev–Trinajstić information content (AvgIpc) is 3.04. The van der Waals surface area contributed by atoms with E-state index in [1.807, 2.05) is 0 Å². The van der Waals surface area contributed by atoms with E-state index in [0.717, 1.165) is 42.9 Å². The fourth-order valence-electron chi connectivity index (χ4n) is 8.03. The second kappa shape index (κ2) is 8.68. The Morgan fingerprint density at radius 3 is 2.60 bits per heavy atom. The van der Waals surface area contributed by atoms with Crippen LogP contribution in [0.2, 0.25) is 0 Å². The zero-order valence-corrected chi connectivity index (χ0v) is 18.9. The van der Waals surface area contributed by atoms with Crippen molar-refractivity contribution in [2.45, 2.75) is 84.2 Å². The molecule has 4 saturated carbocycles. The van der Waals surface area contributed by atoms with Gasteiger partial charge in [-0.3, -0.25) is 4.99 Å². The van der Waals surface area contributed by atoms with Crippen LogP contribution in [0.1, 0.15) is 78.1 Å². The van der Waals surface area contributed by atoms with Crippen molar-refractivity contribution in [2.75, 3.05) is 13.2 Å². The van der Waals surface area contributed by atoms with Gasteiger partial charge in [-0.15, -0.1) is 0 Å². The molecule has 6 nitrogen and oxygen atoms in total. The summed E-state index contributed by atoms with van der Waals surface area (Å²) in [5.41, 5.74) is 11.5. The lowest BCUT2D eigenvalue weighted by Crippen LogP contribution is -2.54. The van der Waals surface area contributed by atoms with Gasteiger partial charge < -0.3 is 21.4 Å². The predicted octanol–water partition coefficient (Wildman–Crippen LogP) is 3.67. The third kappa shape index (κ3) is 3.96. The zero-order chi connectivity index (χ0) is 21.4. The lowest BCUT2D eigenvalue weighted by molar-refractivity contribution is -0.123. The van der Waals surface area contributed by atoms with Crippen molar-refractivity contribution in [1.82, 2.24) is 0 Å². The summed E-state index contributed by atoms with van der Waals surface area (Å²) >= 11 is 0. The first-order valence-electron chi connectivity index (χ1n) is 12.2. The number of aliphatic hydroxyl groups is 1. The van der Waals surface area contributed by atoms with Gasteiger partial charge in [0.15, 0.2) is 5.96 Å². The van der Waals surface area contributed by atoms with Crippen LogP contribution in [0.5, 0.6) is 0 Å². The quantitative estimate of drug-likeness (QED) is 0.265. The highest BCUT2D eigenvalue weighted by Gasteiger charge is 2.59. The van der Waals surface area contributed by atoms with Crippen molar-refractivity contribution < 1.29 is 9.94 Å². The normalized spacial score (nSPS) is 45.4. The molecule has 0 aromatic rings. The van der Waals surface area contributed by atoms with Gasteiger partial charge in [-0.05, 0) is 92.3 Å². The third-order valence-corrected chi connectivity index (χ3v) is 9.71. The number of guanidine groups is 1. The van der Waals surface area contributed by atoms with Crippen LogP contribution < -0.4 is 11.5 Å². The van der Waals surface area contributed by atoms with Gasteiger partial charge in [-0.2, -0.15) is 0 Å². The van der Waals surface area contributed by atoms with Gasteiger partial charge in [0, 0.05) is 25.1 Å². The van der Waals surface area contributed by atoms with Crippen molar-refractivity contribution in [1.29, 1.82) is 0 Å². The Hall–Kier alpha value is -1.30. The van der Waals surface area contributed by atoms with Crippen LogP contribution in [-0.2, 0) is 4.84 Å². The fourth-order valence-corrected chi connectivity index (χ4v) is 8.03. The maximum absolute atomic E-state index is 10.2. The van der Waals surface area contributed by atoms with Crippen LogP contribution in [-0.4, -0.2) is 36.5 Å². The van der Waals surface area contributed by atoms with Crippen LogP contribution >= 0.6 is 0 Å². The summed E-state index contributed by atoms with van der Waals surface area (Å²) in [6.07, 6.45) is 14.0. The third-order valence-electron chi connectivity index (χ3n) is 9.71. The number of hydrogen-bond acceptors (Lipinski definition) is 4. The summed E-state index contributed by atoms with van der Waals surface area (Å²) < 4.78 is 0. The molecule has 8 atom stereocenters. The van der Waals surface area contributed by atoms with E-state index in [4.69, 9.17) is 16.3 Å². The molecular weight excluding hydrogens is 376 g/mol. The highest BCUT2D eigenvalue weighted by atomic mass is 16.6. The molecule has 4 fully saturated rings. The van der Waals surface area contributed by atoms with E-state index >= 15 is 0 Å². The van der Waals surface area contributed by atoms with E-state index in [0.29, 0.717) is 29.9 Å².